The Balaban J connectivity index is 2.21. The molecule has 1 aromatic heterocycles. The number of hydrogen-bond donors (Lipinski definition) is 1. The van der Waals surface area contributed by atoms with Gasteiger partial charge in [-0.05, 0) is 36.8 Å². The van der Waals surface area contributed by atoms with E-state index >= 15 is 0 Å². The molecular formula is C13H15BrFN3. The number of aromatic nitrogens is 2. The van der Waals surface area contributed by atoms with Crippen LogP contribution in [0, 0.1) is 12.7 Å². The number of benzene rings is 1. The predicted octanol–water partition coefficient (Wildman–Crippen LogP) is 2.87. The van der Waals surface area contributed by atoms with E-state index in [0.29, 0.717) is 10.9 Å². The molecular weight excluding hydrogens is 297 g/mol. The van der Waals surface area contributed by atoms with Gasteiger partial charge in [0.05, 0.1) is 5.69 Å². The minimum absolute atomic E-state index is 0.244. The minimum atomic E-state index is -0.281. The van der Waals surface area contributed by atoms with E-state index in [1.807, 2.05) is 30.8 Å². The predicted molar refractivity (Wildman–Crippen MR) is 72.7 cm³/mol. The molecule has 0 aliphatic rings. The maximum Gasteiger partial charge on any atom is 0.124 e. The maximum absolute atomic E-state index is 13.3. The summed E-state index contributed by atoms with van der Waals surface area (Å²) in [5.41, 5.74) is 8.89. The van der Waals surface area contributed by atoms with E-state index in [4.69, 9.17) is 5.73 Å². The first kappa shape index (κ1) is 13.2. The minimum Gasteiger partial charge on any atom is -0.324 e. The molecule has 2 rings (SSSR count). The van der Waals surface area contributed by atoms with Gasteiger partial charge in [0.25, 0.3) is 0 Å². The molecule has 0 saturated heterocycles. The highest BCUT2D eigenvalue weighted by molar-refractivity contribution is 9.10. The van der Waals surface area contributed by atoms with Crippen molar-refractivity contribution in [3.8, 4) is 0 Å². The Bertz CT molecular complexity index is 545. The summed E-state index contributed by atoms with van der Waals surface area (Å²) in [7, 11) is 1.89. The van der Waals surface area contributed by atoms with Crippen LogP contribution >= 0.6 is 15.9 Å². The van der Waals surface area contributed by atoms with Crippen LogP contribution in [0.5, 0.6) is 0 Å². The van der Waals surface area contributed by atoms with Gasteiger partial charge in [0.15, 0.2) is 0 Å². The Hall–Kier alpha value is -1.20. The molecule has 0 aliphatic heterocycles. The highest BCUT2D eigenvalue weighted by Gasteiger charge is 2.12. The standard InChI is InChI=1S/C13H15BrFN3/c1-8-3-12(18(2)17-8)7-13(16)9-4-10(14)6-11(15)5-9/h3-6,13H,7,16H2,1-2H3. The van der Waals surface area contributed by atoms with Crippen LogP contribution in [0.25, 0.3) is 0 Å². The molecule has 0 amide bonds. The normalized spacial score (nSPS) is 12.7. The van der Waals surface area contributed by atoms with Crippen molar-refractivity contribution in [3.05, 3.63) is 51.5 Å². The first-order valence-electron chi connectivity index (χ1n) is 5.67. The first-order chi connectivity index (χ1) is 8.45. The van der Waals surface area contributed by atoms with Gasteiger partial charge >= 0.3 is 0 Å². The van der Waals surface area contributed by atoms with Crippen LogP contribution in [0.3, 0.4) is 0 Å². The molecule has 0 bridgehead atoms. The van der Waals surface area contributed by atoms with Crippen molar-refractivity contribution < 1.29 is 4.39 Å². The van der Waals surface area contributed by atoms with Crippen LogP contribution in [0.2, 0.25) is 0 Å². The van der Waals surface area contributed by atoms with Crippen molar-refractivity contribution in [3.63, 3.8) is 0 Å². The van der Waals surface area contributed by atoms with Crippen LogP contribution in [0.15, 0.2) is 28.7 Å². The van der Waals surface area contributed by atoms with Crippen LogP contribution in [0.1, 0.15) is 23.0 Å². The lowest BCUT2D eigenvalue weighted by atomic mass is 10.0. The third kappa shape index (κ3) is 2.97. The second-order valence-corrected chi connectivity index (χ2v) is 5.33. The second-order valence-electron chi connectivity index (χ2n) is 4.41. The Morgan fingerprint density at radius 3 is 2.67 bits per heavy atom. The third-order valence-corrected chi connectivity index (χ3v) is 3.30. The van der Waals surface area contributed by atoms with Gasteiger partial charge in [0.2, 0.25) is 0 Å². The monoisotopic (exact) mass is 311 g/mol. The van der Waals surface area contributed by atoms with E-state index in [1.54, 1.807) is 0 Å². The number of nitrogens with zero attached hydrogens (tertiary/aromatic N) is 2. The SMILES string of the molecule is Cc1cc(CC(N)c2cc(F)cc(Br)c2)n(C)n1. The van der Waals surface area contributed by atoms with Crippen molar-refractivity contribution in [1.82, 2.24) is 9.78 Å². The molecule has 96 valence electrons. The molecule has 1 unspecified atom stereocenters. The summed E-state index contributed by atoms with van der Waals surface area (Å²) in [5, 5.41) is 4.27. The number of nitrogens with two attached hydrogens (primary N) is 1. The van der Waals surface area contributed by atoms with Gasteiger partial charge in [-0.1, -0.05) is 15.9 Å². The molecule has 3 nitrogen and oxygen atoms in total. The second kappa shape index (κ2) is 5.20. The Morgan fingerprint density at radius 1 is 1.39 bits per heavy atom. The fourth-order valence-corrected chi connectivity index (χ4v) is 2.47. The Morgan fingerprint density at radius 2 is 2.11 bits per heavy atom. The van der Waals surface area contributed by atoms with Gasteiger partial charge < -0.3 is 5.73 Å². The summed E-state index contributed by atoms with van der Waals surface area (Å²) < 4.78 is 15.8. The van der Waals surface area contributed by atoms with Crippen LogP contribution < -0.4 is 5.73 Å². The Labute approximate surface area is 114 Å². The van der Waals surface area contributed by atoms with E-state index in [-0.39, 0.29) is 11.9 Å². The number of aryl methyl sites for hydroxylation is 2. The number of hydrogen-bond acceptors (Lipinski definition) is 2. The molecule has 0 spiro atoms. The molecule has 1 atom stereocenters. The van der Waals surface area contributed by atoms with E-state index < -0.39 is 0 Å². The molecule has 2 aromatic rings. The van der Waals surface area contributed by atoms with Crippen molar-refractivity contribution >= 4 is 15.9 Å². The van der Waals surface area contributed by atoms with Crippen molar-refractivity contribution in [2.75, 3.05) is 0 Å². The van der Waals surface area contributed by atoms with Crippen LogP contribution in [-0.4, -0.2) is 9.78 Å². The lowest BCUT2D eigenvalue weighted by Gasteiger charge is -2.12. The quantitative estimate of drug-likeness (QED) is 0.947. The molecule has 0 aliphatic carbocycles. The highest BCUT2D eigenvalue weighted by Crippen LogP contribution is 2.21. The largest absolute Gasteiger partial charge is 0.324 e. The highest BCUT2D eigenvalue weighted by atomic mass is 79.9. The van der Waals surface area contributed by atoms with Crippen molar-refractivity contribution in [2.45, 2.75) is 19.4 Å². The molecule has 0 fully saturated rings. The lowest BCUT2D eigenvalue weighted by molar-refractivity contribution is 0.609. The van der Waals surface area contributed by atoms with E-state index in [2.05, 4.69) is 21.0 Å². The van der Waals surface area contributed by atoms with E-state index in [0.717, 1.165) is 17.0 Å². The zero-order chi connectivity index (χ0) is 13.3. The summed E-state index contributed by atoms with van der Waals surface area (Å²) in [6, 6.07) is 6.49. The fraction of sp³-hybridized carbons (Fsp3) is 0.308. The zero-order valence-corrected chi connectivity index (χ0v) is 11.9. The van der Waals surface area contributed by atoms with Crippen molar-refractivity contribution in [1.29, 1.82) is 0 Å². The third-order valence-electron chi connectivity index (χ3n) is 2.84. The summed E-state index contributed by atoms with van der Waals surface area (Å²) >= 11 is 3.27. The molecule has 5 heteroatoms. The van der Waals surface area contributed by atoms with Crippen LogP contribution in [-0.2, 0) is 13.5 Å². The van der Waals surface area contributed by atoms with Crippen molar-refractivity contribution in [2.24, 2.45) is 12.8 Å². The summed E-state index contributed by atoms with van der Waals surface area (Å²) in [6.07, 6.45) is 0.632. The average molecular weight is 312 g/mol. The Kier molecular flexibility index (Phi) is 3.82. The van der Waals surface area contributed by atoms with Gasteiger partial charge in [-0.25, -0.2) is 4.39 Å². The molecule has 0 radical (unpaired) electrons. The van der Waals surface area contributed by atoms with Gasteiger partial charge in [0, 0.05) is 29.7 Å². The van der Waals surface area contributed by atoms with E-state index in [9.17, 15) is 4.39 Å². The van der Waals surface area contributed by atoms with Gasteiger partial charge in [-0.3, -0.25) is 4.68 Å². The molecule has 2 N–H and O–H groups in total. The number of rotatable bonds is 3. The topological polar surface area (TPSA) is 43.8 Å². The number of halogens is 2. The lowest BCUT2D eigenvalue weighted by Crippen LogP contribution is -2.15. The average Bonchev–Trinajstić information content (AvgIpc) is 2.56. The first-order valence-corrected chi connectivity index (χ1v) is 6.46. The van der Waals surface area contributed by atoms with Gasteiger partial charge in [-0.15, -0.1) is 0 Å². The molecule has 1 heterocycles. The summed E-state index contributed by atoms with van der Waals surface area (Å²) in [6.45, 7) is 1.94. The summed E-state index contributed by atoms with van der Waals surface area (Å²) in [4.78, 5) is 0. The zero-order valence-electron chi connectivity index (χ0n) is 10.3. The fourth-order valence-electron chi connectivity index (χ4n) is 1.99. The van der Waals surface area contributed by atoms with E-state index in [1.165, 1.54) is 12.1 Å². The molecule has 0 saturated carbocycles. The molecule has 1 aromatic carbocycles. The van der Waals surface area contributed by atoms with Crippen LogP contribution in [0.4, 0.5) is 4.39 Å². The van der Waals surface area contributed by atoms with Gasteiger partial charge in [-0.2, -0.15) is 5.10 Å². The van der Waals surface area contributed by atoms with Gasteiger partial charge in [0.1, 0.15) is 5.82 Å². The maximum atomic E-state index is 13.3. The smallest absolute Gasteiger partial charge is 0.124 e. The molecule has 18 heavy (non-hydrogen) atoms. The summed E-state index contributed by atoms with van der Waals surface area (Å²) in [5.74, 6) is -0.281.